The lowest BCUT2D eigenvalue weighted by atomic mass is 10.2. The van der Waals surface area contributed by atoms with Crippen molar-refractivity contribution in [3.05, 3.63) is 82.9 Å². The van der Waals surface area contributed by atoms with Crippen molar-refractivity contribution in [2.45, 2.75) is 12.9 Å². The van der Waals surface area contributed by atoms with Gasteiger partial charge in [0.25, 0.3) is 5.91 Å². The molecule has 5 rings (SSSR count). The average molecular weight is 602 g/mol. The lowest BCUT2D eigenvalue weighted by Gasteiger charge is -2.08. The molecule has 0 saturated heterocycles. The number of ether oxygens (including phenoxy) is 3. The first-order chi connectivity index (χ1) is 20.1. The summed E-state index contributed by atoms with van der Waals surface area (Å²) in [5, 5.41) is 16.4. The third-order valence-corrected chi connectivity index (χ3v) is 6.28. The lowest BCUT2D eigenvalue weighted by Crippen LogP contribution is -2.16. The van der Waals surface area contributed by atoms with E-state index < -0.39 is 18.0 Å². The van der Waals surface area contributed by atoms with Gasteiger partial charge in [0.05, 0.1) is 36.3 Å². The summed E-state index contributed by atoms with van der Waals surface area (Å²) in [6.07, 6.45) is -4.84. The molecule has 218 valence electrons. The number of amides is 1. The first kappa shape index (κ1) is 28.8. The van der Waals surface area contributed by atoms with Crippen LogP contribution in [-0.2, 0) is 6.54 Å². The monoisotopic (exact) mass is 601 g/mol. The van der Waals surface area contributed by atoms with Gasteiger partial charge < -0.3 is 29.6 Å². The number of carbonyl (C=O) groups excluding carboxylic acids is 1. The number of alkyl halides is 3. The number of aromatic nitrogens is 4. The minimum atomic E-state index is -4.84. The molecule has 0 bridgehead atoms. The minimum Gasteiger partial charge on any atom is -0.497 e. The Morgan fingerprint density at radius 1 is 1.07 bits per heavy atom. The van der Waals surface area contributed by atoms with Crippen LogP contribution in [0, 0.1) is 0 Å². The van der Waals surface area contributed by atoms with Gasteiger partial charge in [0.15, 0.2) is 11.6 Å². The van der Waals surface area contributed by atoms with Crippen molar-refractivity contribution in [2.75, 3.05) is 25.6 Å². The molecular weight excluding hydrogens is 579 g/mol. The highest BCUT2D eigenvalue weighted by Gasteiger charge is 2.31. The van der Waals surface area contributed by atoms with Crippen LogP contribution in [0.3, 0.4) is 0 Å². The molecule has 5 aromatic rings. The molecule has 0 radical (unpaired) electrons. The highest BCUT2D eigenvalue weighted by atomic mass is 35.5. The number of benzene rings is 3. The molecule has 0 fully saturated rings. The highest BCUT2D eigenvalue weighted by Crippen LogP contribution is 2.30. The van der Waals surface area contributed by atoms with Gasteiger partial charge in [-0.2, -0.15) is 5.10 Å². The Balaban J connectivity index is 1.46. The number of aromatic amines is 1. The molecule has 0 unspecified atom stereocenters. The van der Waals surface area contributed by atoms with Gasteiger partial charge in [-0.05, 0) is 48.0 Å². The second-order valence-electron chi connectivity index (χ2n) is 8.90. The van der Waals surface area contributed by atoms with Gasteiger partial charge in [0, 0.05) is 17.7 Å². The van der Waals surface area contributed by atoms with Crippen LogP contribution < -0.4 is 19.5 Å². The molecule has 0 aliphatic carbocycles. The van der Waals surface area contributed by atoms with Gasteiger partial charge in [-0.25, -0.2) is 4.98 Å². The molecule has 42 heavy (non-hydrogen) atoms. The first-order valence-electron chi connectivity index (χ1n) is 12.4. The molecule has 0 spiro atoms. The third kappa shape index (κ3) is 6.75. The molecule has 2 heterocycles. The molecule has 0 aliphatic rings. The molecular formula is C28H23ClF3N5O5. The number of nitrogens with one attached hydrogen (secondary N) is 2. The first-order valence-corrected chi connectivity index (χ1v) is 12.8. The van der Waals surface area contributed by atoms with Crippen LogP contribution in [0.15, 0.2) is 66.7 Å². The molecule has 3 aromatic carbocycles. The van der Waals surface area contributed by atoms with Crippen LogP contribution in [0.1, 0.15) is 15.9 Å². The van der Waals surface area contributed by atoms with Gasteiger partial charge in [-0.15, -0.1) is 13.2 Å². The van der Waals surface area contributed by atoms with Crippen molar-refractivity contribution in [1.29, 1.82) is 0 Å². The van der Waals surface area contributed by atoms with Crippen molar-refractivity contribution in [3.63, 3.8) is 0 Å². The summed E-state index contributed by atoms with van der Waals surface area (Å²) >= 11 is 6.22. The summed E-state index contributed by atoms with van der Waals surface area (Å²) in [4.78, 5) is 20.5. The summed E-state index contributed by atoms with van der Waals surface area (Å²) in [7, 11) is 1.56. The number of methoxy groups -OCH3 is 1. The summed E-state index contributed by atoms with van der Waals surface area (Å²) < 4.78 is 54.3. The number of fused-ring (bicyclic) bond motifs is 1. The number of H-pyrrole nitrogens is 1. The zero-order valence-electron chi connectivity index (χ0n) is 21.9. The fourth-order valence-electron chi connectivity index (χ4n) is 4.10. The number of hydrogen-bond acceptors (Lipinski definition) is 7. The van der Waals surface area contributed by atoms with E-state index in [4.69, 9.17) is 26.2 Å². The smallest absolute Gasteiger partial charge is 0.497 e. The van der Waals surface area contributed by atoms with Crippen LogP contribution in [0.5, 0.6) is 17.2 Å². The van der Waals surface area contributed by atoms with Crippen molar-refractivity contribution in [2.24, 2.45) is 0 Å². The van der Waals surface area contributed by atoms with E-state index in [1.807, 2.05) is 12.1 Å². The number of rotatable bonds is 10. The molecule has 0 atom stereocenters. The second kappa shape index (κ2) is 12.0. The van der Waals surface area contributed by atoms with E-state index in [0.29, 0.717) is 34.1 Å². The second-order valence-corrected chi connectivity index (χ2v) is 9.31. The highest BCUT2D eigenvalue weighted by molar-refractivity contribution is 6.32. The fraction of sp³-hybridized carbons (Fsp3) is 0.179. The van der Waals surface area contributed by atoms with E-state index in [-0.39, 0.29) is 36.2 Å². The van der Waals surface area contributed by atoms with Crippen LogP contribution in [0.2, 0.25) is 5.02 Å². The Hall–Kier alpha value is -4.75. The predicted molar refractivity (Wildman–Crippen MR) is 148 cm³/mol. The zero-order valence-corrected chi connectivity index (χ0v) is 22.7. The Bertz CT molecular complexity index is 1720. The van der Waals surface area contributed by atoms with Crippen molar-refractivity contribution >= 4 is 34.4 Å². The average Bonchev–Trinajstić information content (AvgIpc) is 3.55. The zero-order chi connectivity index (χ0) is 29.9. The van der Waals surface area contributed by atoms with Gasteiger partial charge in [0.1, 0.15) is 29.5 Å². The predicted octanol–water partition coefficient (Wildman–Crippen LogP) is 5.66. The summed E-state index contributed by atoms with van der Waals surface area (Å²) in [5.41, 5.74) is 2.28. The van der Waals surface area contributed by atoms with Crippen LogP contribution in [0.4, 0.5) is 19.0 Å². The molecule has 2 aromatic heterocycles. The maximum absolute atomic E-state index is 13.0. The number of carbonyl (C=O) groups is 1. The van der Waals surface area contributed by atoms with E-state index in [2.05, 4.69) is 25.1 Å². The SMILES string of the molecule is COc1ccc(Cn2nc(NC(=O)c3ccc(OCCO)c(Cl)c3)cc2-c2nc3ccc(OC(F)(F)F)cc3[nH]2)cc1. The Labute approximate surface area is 241 Å². The van der Waals surface area contributed by atoms with E-state index in [1.54, 1.807) is 30.0 Å². The number of aliphatic hydroxyl groups excluding tert-OH is 1. The third-order valence-electron chi connectivity index (χ3n) is 5.99. The number of anilines is 1. The molecule has 0 saturated carbocycles. The molecule has 14 heteroatoms. The maximum atomic E-state index is 13.0. The Kier molecular flexibility index (Phi) is 8.22. The fourth-order valence-corrected chi connectivity index (χ4v) is 4.34. The number of hydrogen-bond donors (Lipinski definition) is 3. The van der Waals surface area contributed by atoms with Crippen molar-refractivity contribution in [3.8, 4) is 28.8 Å². The largest absolute Gasteiger partial charge is 0.573 e. The van der Waals surface area contributed by atoms with Crippen LogP contribution in [0.25, 0.3) is 22.6 Å². The van der Waals surface area contributed by atoms with Crippen LogP contribution >= 0.6 is 11.6 Å². The minimum absolute atomic E-state index is 0.0537. The quantitative estimate of drug-likeness (QED) is 0.189. The lowest BCUT2D eigenvalue weighted by molar-refractivity contribution is -0.274. The van der Waals surface area contributed by atoms with Gasteiger partial charge in [-0.3, -0.25) is 9.48 Å². The van der Waals surface area contributed by atoms with Crippen molar-refractivity contribution < 1.29 is 37.3 Å². The Morgan fingerprint density at radius 3 is 2.52 bits per heavy atom. The maximum Gasteiger partial charge on any atom is 0.573 e. The van der Waals surface area contributed by atoms with Gasteiger partial charge in [0.2, 0.25) is 0 Å². The van der Waals surface area contributed by atoms with E-state index >= 15 is 0 Å². The molecule has 10 nitrogen and oxygen atoms in total. The number of aliphatic hydroxyl groups is 1. The number of halogens is 4. The Morgan fingerprint density at radius 2 is 1.83 bits per heavy atom. The number of nitrogens with zero attached hydrogens (tertiary/aromatic N) is 3. The summed E-state index contributed by atoms with van der Waals surface area (Å²) in [6.45, 7) is 0.142. The van der Waals surface area contributed by atoms with E-state index in [1.165, 1.54) is 36.4 Å². The molecule has 0 aliphatic heterocycles. The number of imidazole rings is 1. The van der Waals surface area contributed by atoms with Gasteiger partial charge >= 0.3 is 6.36 Å². The summed E-state index contributed by atoms with van der Waals surface area (Å²) in [5.74, 6) is 0.613. The summed E-state index contributed by atoms with van der Waals surface area (Å²) in [6, 6.07) is 17.1. The standard InChI is InChI=1S/C28H23ClF3N5O5/c1-40-18-5-2-16(3-6-18)15-37-23(26-33-21-8-7-19(13-22(21)34-26)42-28(30,31)32)14-25(36-37)35-27(39)17-4-9-24(20(29)12-17)41-11-10-38/h2-9,12-14,38H,10-11,15H2,1H3,(H,33,34)(H,35,36,39). The van der Waals surface area contributed by atoms with Gasteiger partial charge in [-0.1, -0.05) is 23.7 Å². The molecule has 1 amide bonds. The van der Waals surface area contributed by atoms with Crippen LogP contribution in [-0.4, -0.2) is 57.4 Å². The van der Waals surface area contributed by atoms with E-state index in [9.17, 15) is 18.0 Å². The normalized spacial score (nSPS) is 11.5. The molecule has 3 N–H and O–H groups in total. The topological polar surface area (TPSA) is 124 Å². The van der Waals surface area contributed by atoms with E-state index in [0.717, 1.165) is 5.56 Å². The van der Waals surface area contributed by atoms with Crippen molar-refractivity contribution in [1.82, 2.24) is 19.7 Å².